The van der Waals surface area contributed by atoms with Crippen LogP contribution in [-0.4, -0.2) is 41.4 Å². The van der Waals surface area contributed by atoms with E-state index in [0.29, 0.717) is 23.6 Å². The number of ether oxygens (including phenoxy) is 1. The molecule has 0 atom stereocenters. The van der Waals surface area contributed by atoms with Crippen molar-refractivity contribution in [3.63, 3.8) is 0 Å². The highest BCUT2D eigenvalue weighted by Crippen LogP contribution is 2.31. The Morgan fingerprint density at radius 3 is 2.45 bits per heavy atom. The predicted molar refractivity (Wildman–Crippen MR) is 142 cm³/mol. The van der Waals surface area contributed by atoms with Crippen molar-refractivity contribution >= 4 is 61.6 Å². The molecule has 0 radical (unpaired) electrons. The van der Waals surface area contributed by atoms with Crippen LogP contribution in [0.1, 0.15) is 30.5 Å². The second kappa shape index (κ2) is 11.4. The summed E-state index contributed by atoms with van der Waals surface area (Å²) in [7, 11) is 1.62. The van der Waals surface area contributed by atoms with Gasteiger partial charge in [-0.25, -0.2) is 5.43 Å². The fourth-order valence-electron chi connectivity index (χ4n) is 3.16. The van der Waals surface area contributed by atoms with Gasteiger partial charge in [-0.15, -0.1) is 0 Å². The second-order valence-electron chi connectivity index (χ2n) is 7.28. The minimum absolute atomic E-state index is 0.337. The Morgan fingerprint density at radius 1 is 1.03 bits per heavy atom. The molecule has 0 aliphatic heterocycles. The molecule has 174 valence electrons. The fraction of sp³-hybridized carbons (Fsp3) is 0.304. The number of benzene rings is 2. The van der Waals surface area contributed by atoms with Gasteiger partial charge in [0.25, 0.3) is 0 Å². The van der Waals surface area contributed by atoms with E-state index in [9.17, 15) is 0 Å². The Hall–Kier alpha value is -2.72. The lowest BCUT2D eigenvalue weighted by Crippen LogP contribution is -2.25. The highest BCUT2D eigenvalue weighted by atomic mass is 79.9. The number of anilines is 4. The predicted octanol–water partition coefficient (Wildman–Crippen LogP) is 6.06. The number of nitrogens with zero attached hydrogens (tertiary/aromatic N) is 5. The summed E-state index contributed by atoms with van der Waals surface area (Å²) in [6, 6.07) is 10.0. The Labute approximate surface area is 211 Å². The van der Waals surface area contributed by atoms with Gasteiger partial charge in [0, 0.05) is 28.8 Å². The van der Waals surface area contributed by atoms with Crippen LogP contribution in [0.4, 0.5) is 23.5 Å². The molecule has 8 nitrogen and oxygen atoms in total. The lowest BCUT2D eigenvalue weighted by molar-refractivity contribution is 0.411. The number of nitrogens with one attached hydrogen (secondary N) is 2. The van der Waals surface area contributed by atoms with E-state index in [4.69, 9.17) is 4.74 Å². The van der Waals surface area contributed by atoms with Gasteiger partial charge in [0.2, 0.25) is 17.8 Å². The maximum absolute atomic E-state index is 5.48. The molecule has 1 heterocycles. The van der Waals surface area contributed by atoms with Crippen LogP contribution in [0.15, 0.2) is 44.4 Å². The summed E-state index contributed by atoms with van der Waals surface area (Å²) in [5.74, 6) is 2.04. The molecule has 3 rings (SSSR count). The first-order valence-corrected chi connectivity index (χ1v) is 12.1. The van der Waals surface area contributed by atoms with Crippen LogP contribution < -0.4 is 20.4 Å². The molecule has 2 N–H and O–H groups in total. The van der Waals surface area contributed by atoms with Gasteiger partial charge in [-0.1, -0.05) is 28.1 Å². The lowest BCUT2D eigenvalue weighted by Gasteiger charge is -2.19. The number of aromatic nitrogens is 3. The van der Waals surface area contributed by atoms with E-state index >= 15 is 0 Å². The summed E-state index contributed by atoms with van der Waals surface area (Å²) < 4.78 is 7.20. The summed E-state index contributed by atoms with van der Waals surface area (Å²) >= 11 is 7.00. The maximum atomic E-state index is 5.48. The summed E-state index contributed by atoms with van der Waals surface area (Å²) in [5, 5.41) is 7.66. The summed E-state index contributed by atoms with van der Waals surface area (Å²) in [4.78, 5) is 15.8. The highest BCUT2D eigenvalue weighted by molar-refractivity contribution is 9.11. The smallest absolute Gasteiger partial charge is 0.250 e. The largest absolute Gasteiger partial charge is 0.495 e. The molecule has 0 aliphatic carbocycles. The number of hydrogen-bond acceptors (Lipinski definition) is 8. The average molecular weight is 577 g/mol. The number of hydrazone groups is 1. The average Bonchev–Trinajstić information content (AvgIpc) is 2.77. The van der Waals surface area contributed by atoms with Crippen molar-refractivity contribution in [3.05, 3.63) is 56.0 Å². The molecule has 0 amide bonds. The normalized spacial score (nSPS) is 11.0. The molecule has 0 saturated heterocycles. The van der Waals surface area contributed by atoms with E-state index in [2.05, 4.69) is 107 Å². The van der Waals surface area contributed by atoms with Gasteiger partial charge >= 0.3 is 0 Å². The van der Waals surface area contributed by atoms with E-state index < -0.39 is 0 Å². The zero-order valence-corrected chi connectivity index (χ0v) is 22.5. The number of halogens is 2. The second-order valence-corrected chi connectivity index (χ2v) is 9.05. The van der Waals surface area contributed by atoms with E-state index in [-0.39, 0.29) is 0 Å². The van der Waals surface area contributed by atoms with Crippen LogP contribution in [0.2, 0.25) is 0 Å². The third kappa shape index (κ3) is 6.42. The van der Waals surface area contributed by atoms with Crippen LogP contribution in [0, 0.1) is 13.8 Å². The van der Waals surface area contributed by atoms with Gasteiger partial charge in [-0.2, -0.15) is 20.1 Å². The lowest BCUT2D eigenvalue weighted by atomic mass is 10.1. The third-order valence-electron chi connectivity index (χ3n) is 4.92. The molecule has 0 bridgehead atoms. The number of rotatable bonds is 9. The molecule has 0 unspecified atom stereocenters. The van der Waals surface area contributed by atoms with E-state index in [1.54, 1.807) is 13.3 Å². The third-order valence-corrected chi connectivity index (χ3v) is 5.97. The van der Waals surface area contributed by atoms with Crippen LogP contribution in [0.3, 0.4) is 0 Å². The molecular formula is C23H27Br2N7O. The zero-order chi connectivity index (χ0) is 24.0. The Kier molecular flexibility index (Phi) is 8.62. The van der Waals surface area contributed by atoms with Gasteiger partial charge in [0.1, 0.15) is 5.75 Å². The van der Waals surface area contributed by atoms with Gasteiger partial charge in [0.05, 0.1) is 17.8 Å². The first-order valence-electron chi connectivity index (χ1n) is 10.5. The van der Waals surface area contributed by atoms with Crippen molar-refractivity contribution in [3.8, 4) is 5.75 Å². The van der Waals surface area contributed by atoms with Crippen molar-refractivity contribution < 1.29 is 4.74 Å². The van der Waals surface area contributed by atoms with Gasteiger partial charge in [0.15, 0.2) is 0 Å². The molecule has 0 saturated carbocycles. The van der Waals surface area contributed by atoms with Crippen LogP contribution >= 0.6 is 31.9 Å². The molecule has 0 fully saturated rings. The minimum Gasteiger partial charge on any atom is -0.495 e. The minimum atomic E-state index is 0.337. The first kappa shape index (κ1) is 24.9. The van der Waals surface area contributed by atoms with Crippen molar-refractivity contribution in [2.24, 2.45) is 5.10 Å². The standard InChI is InChI=1S/C23H27Br2N7O/c1-6-32(7-2)23-29-21(27-19-10-14(3)8-9-15(19)4)28-22(30-23)31-26-13-16-11-17(24)12-18(25)20(16)33-5/h8-13H,6-7H2,1-5H3,(H2,27,28,29,30,31). The number of aryl methyl sites for hydroxylation is 2. The Bertz CT molecular complexity index is 1150. The summed E-state index contributed by atoms with van der Waals surface area (Å²) in [5.41, 5.74) is 6.93. The summed E-state index contributed by atoms with van der Waals surface area (Å²) in [6.07, 6.45) is 1.66. The molecule has 33 heavy (non-hydrogen) atoms. The zero-order valence-electron chi connectivity index (χ0n) is 19.3. The molecule has 10 heteroatoms. The molecule has 1 aromatic heterocycles. The monoisotopic (exact) mass is 575 g/mol. The molecule has 2 aromatic carbocycles. The van der Waals surface area contributed by atoms with Gasteiger partial charge < -0.3 is 15.0 Å². The van der Waals surface area contributed by atoms with Crippen molar-refractivity contribution in [2.75, 3.05) is 35.8 Å². The number of hydrogen-bond donors (Lipinski definition) is 2. The molecular weight excluding hydrogens is 550 g/mol. The number of methoxy groups -OCH3 is 1. The van der Waals surface area contributed by atoms with Gasteiger partial charge in [-0.3, -0.25) is 0 Å². The van der Waals surface area contributed by atoms with E-state index in [0.717, 1.165) is 44.4 Å². The van der Waals surface area contributed by atoms with Crippen LogP contribution in [0.5, 0.6) is 5.75 Å². The van der Waals surface area contributed by atoms with Crippen LogP contribution in [0.25, 0.3) is 0 Å². The maximum Gasteiger partial charge on any atom is 0.250 e. The molecule has 0 spiro atoms. The van der Waals surface area contributed by atoms with Crippen molar-refractivity contribution in [1.82, 2.24) is 15.0 Å². The van der Waals surface area contributed by atoms with E-state index in [1.807, 2.05) is 19.1 Å². The molecule has 0 aliphatic rings. The fourth-order valence-corrected chi connectivity index (χ4v) is 4.58. The van der Waals surface area contributed by atoms with E-state index in [1.165, 1.54) is 0 Å². The summed E-state index contributed by atoms with van der Waals surface area (Å²) in [6.45, 7) is 9.77. The Balaban J connectivity index is 1.92. The highest BCUT2D eigenvalue weighted by Gasteiger charge is 2.13. The topological polar surface area (TPSA) is 87.6 Å². The van der Waals surface area contributed by atoms with Gasteiger partial charge in [-0.05, 0) is 73.0 Å². The SMILES string of the molecule is CCN(CC)c1nc(NN=Cc2cc(Br)cc(Br)c2OC)nc(Nc2cc(C)ccc2C)n1. The van der Waals surface area contributed by atoms with Crippen LogP contribution in [-0.2, 0) is 0 Å². The van der Waals surface area contributed by atoms with Crippen molar-refractivity contribution in [2.45, 2.75) is 27.7 Å². The molecule has 3 aromatic rings. The van der Waals surface area contributed by atoms with Crippen molar-refractivity contribution in [1.29, 1.82) is 0 Å². The first-order chi connectivity index (χ1) is 15.8. The Morgan fingerprint density at radius 2 is 1.76 bits per heavy atom. The quantitative estimate of drug-likeness (QED) is 0.236.